The summed E-state index contributed by atoms with van der Waals surface area (Å²) in [5.41, 5.74) is 0. The van der Waals surface area contributed by atoms with E-state index < -0.39 is 0 Å². The monoisotopic (exact) mass is 87.0 g/mol. The fourth-order valence-electron chi connectivity index (χ4n) is 0.0913. The molecule has 0 aromatic carbocycles. The summed E-state index contributed by atoms with van der Waals surface area (Å²) in [6, 6.07) is 0. The predicted octanol–water partition coefficient (Wildman–Crippen LogP) is -0.228. The van der Waals surface area contributed by atoms with E-state index in [0.29, 0.717) is 0 Å². The Morgan fingerprint density at radius 3 is 2.50 bits per heavy atom. The minimum absolute atomic E-state index is 0.227. The van der Waals surface area contributed by atoms with Gasteiger partial charge < -0.3 is 5.11 Å². The van der Waals surface area contributed by atoms with Gasteiger partial charge in [-0.2, -0.15) is 0 Å². The lowest BCUT2D eigenvalue weighted by atomic mass is 10.3. The Morgan fingerprint density at radius 2 is 2.50 bits per heavy atom. The molecule has 35 valence electrons. The molecule has 0 aromatic heterocycles. The van der Waals surface area contributed by atoms with Gasteiger partial charge in [0.15, 0.2) is 5.78 Å². The van der Waals surface area contributed by atoms with Crippen molar-refractivity contribution >= 4 is 5.78 Å². The van der Waals surface area contributed by atoms with Crippen molar-refractivity contribution in [1.29, 1.82) is 0 Å². The molecule has 0 bridgehead atoms. The lowest BCUT2D eigenvalue weighted by molar-refractivity contribution is -0.118. The van der Waals surface area contributed by atoms with Gasteiger partial charge in [-0.25, -0.2) is 0 Å². The summed E-state index contributed by atoms with van der Waals surface area (Å²) in [6.07, 6.45) is 1.33. The van der Waals surface area contributed by atoms with E-state index in [4.69, 9.17) is 5.11 Å². The van der Waals surface area contributed by atoms with Crippen molar-refractivity contribution in [2.24, 2.45) is 0 Å². The molecule has 0 unspecified atom stereocenters. The number of carbonyl (C=O) groups excluding carboxylic acids is 1. The van der Waals surface area contributed by atoms with Crippen LogP contribution in [-0.4, -0.2) is 17.5 Å². The van der Waals surface area contributed by atoms with Gasteiger partial charge in [-0.15, -0.1) is 0 Å². The normalized spacial score (nSPS) is 8.33. The molecule has 0 aliphatic rings. The number of Topliss-reactive ketones (excluding diaryl/α,β-unsaturated/α-hetero) is 1. The van der Waals surface area contributed by atoms with E-state index >= 15 is 0 Å². The third kappa shape index (κ3) is 1.91. The van der Waals surface area contributed by atoms with E-state index in [1.807, 2.05) is 0 Å². The van der Waals surface area contributed by atoms with Crippen molar-refractivity contribution in [2.45, 2.75) is 6.92 Å². The zero-order valence-electron chi connectivity index (χ0n) is 3.64. The van der Waals surface area contributed by atoms with Crippen LogP contribution in [0, 0.1) is 6.42 Å². The van der Waals surface area contributed by atoms with E-state index in [1.165, 1.54) is 6.42 Å². The Hall–Kier alpha value is -0.370. The topological polar surface area (TPSA) is 37.3 Å². The summed E-state index contributed by atoms with van der Waals surface area (Å²) >= 11 is 0. The molecule has 0 spiro atoms. The first-order valence-electron chi connectivity index (χ1n) is 1.74. The van der Waals surface area contributed by atoms with Gasteiger partial charge in [-0.05, 0) is 0 Å². The molecular weight excluding hydrogens is 80.0 g/mol. The standard InChI is InChI=1S/C4H7O2/c1-2-4(6)3-5/h2,5H,3H2,1H3. The highest BCUT2D eigenvalue weighted by molar-refractivity contribution is 5.87. The fourth-order valence-corrected chi connectivity index (χ4v) is 0.0913. The van der Waals surface area contributed by atoms with Gasteiger partial charge in [0.25, 0.3) is 0 Å². The predicted molar refractivity (Wildman–Crippen MR) is 22.1 cm³/mol. The zero-order valence-corrected chi connectivity index (χ0v) is 3.64. The van der Waals surface area contributed by atoms with Crippen molar-refractivity contribution in [2.75, 3.05) is 6.61 Å². The van der Waals surface area contributed by atoms with Crippen LogP contribution in [0.3, 0.4) is 0 Å². The molecule has 0 fully saturated rings. The second kappa shape index (κ2) is 2.85. The minimum atomic E-state index is -0.365. The van der Waals surface area contributed by atoms with Gasteiger partial charge in [0.05, 0.1) is 0 Å². The molecule has 0 heterocycles. The molecule has 0 aliphatic heterocycles. The van der Waals surface area contributed by atoms with Gasteiger partial charge in [-0.3, -0.25) is 4.79 Å². The van der Waals surface area contributed by atoms with E-state index in [1.54, 1.807) is 6.92 Å². The highest BCUT2D eigenvalue weighted by Gasteiger charge is 1.88. The smallest absolute Gasteiger partial charge is 0.161 e. The van der Waals surface area contributed by atoms with Crippen LogP contribution in [0.5, 0.6) is 0 Å². The summed E-state index contributed by atoms with van der Waals surface area (Å²) < 4.78 is 0. The van der Waals surface area contributed by atoms with E-state index in [9.17, 15) is 4.79 Å². The Morgan fingerprint density at radius 1 is 2.00 bits per heavy atom. The van der Waals surface area contributed by atoms with Crippen molar-refractivity contribution in [3.05, 3.63) is 6.42 Å². The number of aliphatic hydroxyl groups excluding tert-OH is 1. The van der Waals surface area contributed by atoms with Crippen molar-refractivity contribution in [1.82, 2.24) is 0 Å². The van der Waals surface area contributed by atoms with Crippen molar-refractivity contribution in [3.63, 3.8) is 0 Å². The highest BCUT2D eigenvalue weighted by atomic mass is 16.3. The number of hydrogen-bond donors (Lipinski definition) is 1. The van der Waals surface area contributed by atoms with Gasteiger partial charge in [0.2, 0.25) is 0 Å². The van der Waals surface area contributed by atoms with Crippen LogP contribution in [0.25, 0.3) is 0 Å². The number of rotatable bonds is 2. The molecule has 0 saturated carbocycles. The SMILES string of the molecule is C[CH]C(=O)CO. The summed E-state index contributed by atoms with van der Waals surface area (Å²) in [6.45, 7) is 1.23. The van der Waals surface area contributed by atoms with Crippen LogP contribution in [0.2, 0.25) is 0 Å². The first kappa shape index (κ1) is 5.63. The quantitative estimate of drug-likeness (QED) is 0.505. The highest BCUT2D eigenvalue weighted by Crippen LogP contribution is 1.71. The molecule has 6 heavy (non-hydrogen) atoms. The molecule has 0 saturated heterocycles. The number of carbonyl (C=O) groups is 1. The van der Waals surface area contributed by atoms with Gasteiger partial charge in [-0.1, -0.05) is 6.92 Å². The molecule has 1 N–H and O–H groups in total. The Balaban J connectivity index is 2.99. The molecular formula is C4H7O2. The average molecular weight is 87.1 g/mol. The Labute approximate surface area is 36.8 Å². The Bertz CT molecular complexity index is 43.5. The molecule has 0 aromatic rings. The minimum Gasteiger partial charge on any atom is -0.389 e. The molecule has 0 amide bonds. The van der Waals surface area contributed by atoms with Crippen LogP contribution >= 0.6 is 0 Å². The molecule has 2 nitrogen and oxygen atoms in total. The van der Waals surface area contributed by atoms with Gasteiger partial charge in [0.1, 0.15) is 6.61 Å². The first-order chi connectivity index (χ1) is 2.81. The molecule has 0 rings (SSSR count). The van der Waals surface area contributed by atoms with Crippen LogP contribution in [-0.2, 0) is 4.79 Å². The van der Waals surface area contributed by atoms with Crippen LogP contribution in [0.15, 0.2) is 0 Å². The van der Waals surface area contributed by atoms with E-state index in [2.05, 4.69) is 0 Å². The fraction of sp³-hybridized carbons (Fsp3) is 0.500. The maximum absolute atomic E-state index is 9.88. The maximum Gasteiger partial charge on any atom is 0.161 e. The van der Waals surface area contributed by atoms with Crippen molar-refractivity contribution < 1.29 is 9.90 Å². The number of aliphatic hydroxyl groups is 1. The number of hydrogen-bond acceptors (Lipinski definition) is 2. The third-order valence-electron chi connectivity index (χ3n) is 0.478. The summed E-state index contributed by atoms with van der Waals surface area (Å²) in [5, 5.41) is 7.95. The largest absolute Gasteiger partial charge is 0.389 e. The second-order valence-electron chi connectivity index (χ2n) is 0.913. The molecule has 1 radical (unpaired) electrons. The van der Waals surface area contributed by atoms with E-state index in [0.717, 1.165) is 0 Å². The lowest BCUT2D eigenvalue weighted by Crippen LogP contribution is -2.00. The average Bonchev–Trinajstić information content (AvgIpc) is 1.65. The van der Waals surface area contributed by atoms with Crippen LogP contribution in [0.4, 0.5) is 0 Å². The molecule has 2 heteroatoms. The van der Waals surface area contributed by atoms with Crippen LogP contribution < -0.4 is 0 Å². The van der Waals surface area contributed by atoms with Crippen LogP contribution in [0.1, 0.15) is 6.92 Å². The van der Waals surface area contributed by atoms with Gasteiger partial charge >= 0.3 is 0 Å². The molecule has 0 atom stereocenters. The second-order valence-corrected chi connectivity index (χ2v) is 0.913. The zero-order chi connectivity index (χ0) is 4.99. The van der Waals surface area contributed by atoms with Gasteiger partial charge in [0, 0.05) is 6.42 Å². The van der Waals surface area contributed by atoms with E-state index in [-0.39, 0.29) is 12.4 Å². The third-order valence-corrected chi connectivity index (χ3v) is 0.478. The molecule has 0 aliphatic carbocycles. The Kier molecular flexibility index (Phi) is 2.67. The van der Waals surface area contributed by atoms with Crippen molar-refractivity contribution in [3.8, 4) is 0 Å². The lowest BCUT2D eigenvalue weighted by Gasteiger charge is -1.80. The maximum atomic E-state index is 9.88. The number of ketones is 1. The first-order valence-corrected chi connectivity index (χ1v) is 1.74. The summed E-state index contributed by atoms with van der Waals surface area (Å²) in [7, 11) is 0. The summed E-state index contributed by atoms with van der Waals surface area (Å²) in [4.78, 5) is 9.88. The summed E-state index contributed by atoms with van der Waals surface area (Å²) in [5.74, 6) is -0.227.